The third-order valence-corrected chi connectivity index (χ3v) is 10.1. The highest BCUT2D eigenvalue weighted by Gasteiger charge is 2.60. The van der Waals surface area contributed by atoms with Crippen LogP contribution in [0.25, 0.3) is 0 Å². The molecule has 0 spiro atoms. The molecular weight excluding hydrogens is 664 g/mol. The number of ether oxygens (including phenoxy) is 5. The van der Waals surface area contributed by atoms with Crippen molar-refractivity contribution < 1.29 is 63.9 Å². The molecule has 0 saturated carbocycles. The van der Waals surface area contributed by atoms with Crippen LogP contribution in [0, 0.1) is 0 Å². The SMILES string of the molecule is CCCCCCCCCCCC(=O)O[C@H]1[C@H](O)[C@@H](CO)OC(CC)(OC2O[C@H](CO)[C@H](O)[C@H](O)[C@H]2O)[C@@H]1OC(=O)CCCCCCCCCCC. The fourth-order valence-corrected chi connectivity index (χ4v) is 6.86. The fourth-order valence-electron chi connectivity index (χ4n) is 6.86. The second kappa shape index (κ2) is 25.6. The van der Waals surface area contributed by atoms with Gasteiger partial charge >= 0.3 is 11.9 Å². The van der Waals surface area contributed by atoms with E-state index in [0.717, 1.165) is 51.4 Å². The van der Waals surface area contributed by atoms with Crippen molar-refractivity contribution in [3.63, 3.8) is 0 Å². The third kappa shape index (κ3) is 15.1. The van der Waals surface area contributed by atoms with Crippen LogP contribution in [0.4, 0.5) is 0 Å². The van der Waals surface area contributed by atoms with E-state index in [2.05, 4.69) is 13.8 Å². The largest absolute Gasteiger partial charge is 0.455 e. The van der Waals surface area contributed by atoms with Crippen molar-refractivity contribution in [2.24, 2.45) is 0 Å². The summed E-state index contributed by atoms with van der Waals surface area (Å²) >= 11 is 0. The Kier molecular flexibility index (Phi) is 22.9. The molecule has 0 radical (unpaired) electrons. The van der Waals surface area contributed by atoms with E-state index >= 15 is 0 Å². The van der Waals surface area contributed by atoms with Crippen LogP contribution in [0.2, 0.25) is 0 Å². The molecule has 0 amide bonds. The van der Waals surface area contributed by atoms with Gasteiger partial charge in [0.25, 0.3) is 0 Å². The molecule has 0 aromatic rings. The van der Waals surface area contributed by atoms with E-state index in [-0.39, 0.29) is 19.3 Å². The van der Waals surface area contributed by atoms with Gasteiger partial charge in [-0.15, -0.1) is 0 Å². The maximum atomic E-state index is 13.3. The van der Waals surface area contributed by atoms with Crippen molar-refractivity contribution in [2.75, 3.05) is 13.2 Å². The van der Waals surface area contributed by atoms with Gasteiger partial charge in [0.1, 0.15) is 36.6 Å². The third-order valence-electron chi connectivity index (χ3n) is 10.1. The number of carbonyl (C=O) groups is 2. The first kappa shape index (κ1) is 45.7. The first-order valence-electron chi connectivity index (χ1n) is 19.9. The van der Waals surface area contributed by atoms with Gasteiger partial charge in [0.15, 0.2) is 18.5 Å². The molecule has 2 fully saturated rings. The minimum absolute atomic E-state index is 0.0464. The number of carbonyl (C=O) groups excluding carboxylic acids is 2. The van der Waals surface area contributed by atoms with Crippen molar-refractivity contribution in [1.29, 1.82) is 0 Å². The number of hydrogen-bond donors (Lipinski definition) is 6. The highest BCUT2D eigenvalue weighted by molar-refractivity contribution is 5.71. The second-order valence-corrected chi connectivity index (χ2v) is 14.3. The summed E-state index contributed by atoms with van der Waals surface area (Å²) in [6.07, 6.45) is 4.63. The summed E-state index contributed by atoms with van der Waals surface area (Å²) < 4.78 is 29.5. The number of esters is 2. The van der Waals surface area contributed by atoms with Crippen LogP contribution in [0.5, 0.6) is 0 Å². The van der Waals surface area contributed by atoms with E-state index in [1.807, 2.05) is 0 Å². The molecule has 2 heterocycles. The molecule has 2 aliphatic heterocycles. The lowest BCUT2D eigenvalue weighted by molar-refractivity contribution is -0.423. The Balaban J connectivity index is 2.18. The summed E-state index contributed by atoms with van der Waals surface area (Å²) in [5.74, 6) is -3.31. The number of aliphatic hydroxyl groups is 6. The Morgan fingerprint density at radius 3 is 1.47 bits per heavy atom. The first-order chi connectivity index (χ1) is 24.6. The lowest BCUT2D eigenvalue weighted by Crippen LogP contribution is -2.70. The normalized spacial score (nSPS) is 31.0. The van der Waals surface area contributed by atoms with Crippen molar-refractivity contribution >= 4 is 11.9 Å². The molecule has 10 atom stereocenters. The first-order valence-corrected chi connectivity index (χ1v) is 19.9. The number of rotatable bonds is 27. The number of hydrogen-bond acceptors (Lipinski definition) is 13. The molecule has 2 saturated heterocycles. The van der Waals surface area contributed by atoms with Crippen LogP contribution in [-0.2, 0) is 33.3 Å². The van der Waals surface area contributed by atoms with Crippen molar-refractivity contribution in [3.05, 3.63) is 0 Å². The molecular formula is C38H70O13. The topological polar surface area (TPSA) is 202 Å². The molecule has 0 aromatic carbocycles. The predicted octanol–water partition coefficient (Wildman–Crippen LogP) is 4.33. The van der Waals surface area contributed by atoms with Gasteiger partial charge in [0.05, 0.1) is 13.2 Å². The van der Waals surface area contributed by atoms with Gasteiger partial charge in [0, 0.05) is 19.3 Å². The summed E-state index contributed by atoms with van der Waals surface area (Å²) in [6, 6.07) is 0. The Morgan fingerprint density at radius 2 is 1.02 bits per heavy atom. The number of aliphatic hydroxyl groups excluding tert-OH is 6. The van der Waals surface area contributed by atoms with Gasteiger partial charge in [0.2, 0.25) is 5.79 Å². The average molecular weight is 735 g/mol. The molecule has 300 valence electrons. The molecule has 51 heavy (non-hydrogen) atoms. The average Bonchev–Trinajstić information content (AvgIpc) is 3.12. The second-order valence-electron chi connectivity index (χ2n) is 14.3. The van der Waals surface area contributed by atoms with Gasteiger partial charge in [-0.05, 0) is 12.8 Å². The van der Waals surface area contributed by atoms with Crippen molar-refractivity contribution in [1.82, 2.24) is 0 Å². The molecule has 2 rings (SSSR count). The Hall–Kier alpha value is -1.42. The Labute approximate surface area is 305 Å². The monoisotopic (exact) mass is 734 g/mol. The zero-order valence-electron chi connectivity index (χ0n) is 31.5. The highest BCUT2D eigenvalue weighted by Crippen LogP contribution is 2.40. The summed E-state index contributed by atoms with van der Waals surface area (Å²) in [6.45, 7) is 4.55. The molecule has 13 nitrogen and oxygen atoms in total. The quantitative estimate of drug-likeness (QED) is 0.0515. The lowest BCUT2D eigenvalue weighted by atomic mass is 9.89. The van der Waals surface area contributed by atoms with E-state index in [0.29, 0.717) is 12.8 Å². The predicted molar refractivity (Wildman–Crippen MR) is 189 cm³/mol. The van der Waals surface area contributed by atoms with E-state index in [4.69, 9.17) is 23.7 Å². The maximum Gasteiger partial charge on any atom is 0.306 e. The molecule has 2 aliphatic rings. The van der Waals surface area contributed by atoms with Gasteiger partial charge in [-0.3, -0.25) is 9.59 Å². The van der Waals surface area contributed by atoms with E-state index in [1.54, 1.807) is 6.92 Å². The maximum absolute atomic E-state index is 13.3. The molecule has 13 heteroatoms. The lowest BCUT2D eigenvalue weighted by Gasteiger charge is -2.52. The van der Waals surface area contributed by atoms with Crippen LogP contribution in [0.3, 0.4) is 0 Å². The highest BCUT2D eigenvalue weighted by atomic mass is 16.8. The molecule has 0 aromatic heterocycles. The molecule has 0 aliphatic carbocycles. The van der Waals surface area contributed by atoms with Crippen LogP contribution >= 0.6 is 0 Å². The fraction of sp³-hybridized carbons (Fsp3) is 0.947. The standard InChI is InChI=1S/C38H70O13/c1-4-7-9-11-13-15-17-19-21-23-29(41)48-35-32(44)28(26-40)50-38(6-3,51-37-34(46)33(45)31(43)27(25-39)47-37)36(35)49-30(42)24-22-20-18-16-14-12-10-8-5-2/h27-28,31-37,39-40,43-46H,4-26H2,1-3H3/t27-,28-,31+,32-,33+,34-,35+,36-,37?,38?/m1/s1. The van der Waals surface area contributed by atoms with Crippen molar-refractivity contribution in [3.8, 4) is 0 Å². The van der Waals surface area contributed by atoms with E-state index in [1.165, 1.54) is 51.4 Å². The molecule has 6 N–H and O–H groups in total. The van der Waals surface area contributed by atoms with Gasteiger partial charge < -0.3 is 54.3 Å². The van der Waals surface area contributed by atoms with Crippen LogP contribution < -0.4 is 0 Å². The zero-order valence-corrected chi connectivity index (χ0v) is 31.5. The minimum atomic E-state index is -2.04. The van der Waals surface area contributed by atoms with Crippen LogP contribution in [-0.4, -0.2) is 117 Å². The summed E-state index contributed by atoms with van der Waals surface area (Å²) in [4.78, 5) is 26.5. The summed E-state index contributed by atoms with van der Waals surface area (Å²) in [7, 11) is 0. The molecule has 0 bridgehead atoms. The van der Waals surface area contributed by atoms with E-state index < -0.39 is 86.1 Å². The minimum Gasteiger partial charge on any atom is -0.455 e. The van der Waals surface area contributed by atoms with Gasteiger partial charge in [-0.25, -0.2) is 0 Å². The smallest absolute Gasteiger partial charge is 0.306 e. The van der Waals surface area contributed by atoms with Gasteiger partial charge in [-0.1, -0.05) is 124 Å². The van der Waals surface area contributed by atoms with Gasteiger partial charge in [-0.2, -0.15) is 0 Å². The molecule has 2 unspecified atom stereocenters. The van der Waals surface area contributed by atoms with Crippen LogP contribution in [0.15, 0.2) is 0 Å². The zero-order chi connectivity index (χ0) is 37.6. The summed E-state index contributed by atoms with van der Waals surface area (Å²) in [5.41, 5.74) is 0. The van der Waals surface area contributed by atoms with Crippen molar-refractivity contribution in [2.45, 2.75) is 217 Å². The number of unbranched alkanes of at least 4 members (excludes halogenated alkanes) is 16. The summed E-state index contributed by atoms with van der Waals surface area (Å²) in [5, 5.41) is 62.7. The Bertz CT molecular complexity index is 935. The van der Waals surface area contributed by atoms with E-state index in [9.17, 15) is 40.2 Å². The Morgan fingerprint density at radius 1 is 0.569 bits per heavy atom. The van der Waals surface area contributed by atoms with Crippen LogP contribution in [0.1, 0.15) is 156 Å².